The minimum Gasteiger partial charge on any atom is -0.376 e. The van der Waals surface area contributed by atoms with Gasteiger partial charge in [-0.1, -0.05) is 12.1 Å². The van der Waals surface area contributed by atoms with Gasteiger partial charge in [-0.25, -0.2) is 0 Å². The minimum atomic E-state index is -5.74. The van der Waals surface area contributed by atoms with E-state index < -0.39 is 21.2 Å². The number of rotatable bonds is 2. The van der Waals surface area contributed by atoms with Gasteiger partial charge in [-0.2, -0.15) is 21.6 Å². The number of carbonyl (C=O) groups is 1. The van der Waals surface area contributed by atoms with Gasteiger partial charge in [-0.05, 0) is 30.9 Å². The predicted octanol–water partition coefficient (Wildman–Crippen LogP) is 1.97. The summed E-state index contributed by atoms with van der Waals surface area (Å²) >= 11 is 0. The smallest absolute Gasteiger partial charge is 0.376 e. The number of aryl methyl sites for hydroxylation is 1. The highest BCUT2D eigenvalue weighted by molar-refractivity contribution is 7.88. The second kappa shape index (κ2) is 4.61. The van der Waals surface area contributed by atoms with E-state index in [2.05, 4.69) is 9.50 Å². The molecule has 1 aromatic carbocycles. The van der Waals surface area contributed by atoms with Crippen molar-refractivity contribution in [1.29, 1.82) is 0 Å². The molecule has 1 heterocycles. The summed E-state index contributed by atoms with van der Waals surface area (Å²) in [6.07, 6.45) is 1.71. The van der Waals surface area contributed by atoms with Crippen molar-refractivity contribution in [3.8, 4) is 5.75 Å². The molecular formula is C13H12F3NO4S. The second-order valence-electron chi connectivity index (χ2n) is 5.40. The predicted molar refractivity (Wildman–Crippen MR) is 69.4 cm³/mol. The van der Waals surface area contributed by atoms with Gasteiger partial charge >= 0.3 is 15.6 Å². The Kier molecular flexibility index (Phi) is 3.17. The van der Waals surface area contributed by atoms with Crippen molar-refractivity contribution >= 4 is 16.0 Å². The summed E-state index contributed by atoms with van der Waals surface area (Å²) in [6.45, 7) is 0. The molecule has 120 valence electrons. The quantitative estimate of drug-likeness (QED) is 0.662. The molecule has 1 aliphatic carbocycles. The zero-order chi connectivity index (χ0) is 16.2. The second-order valence-corrected chi connectivity index (χ2v) is 6.94. The highest BCUT2D eigenvalue weighted by Crippen LogP contribution is 2.48. The van der Waals surface area contributed by atoms with Gasteiger partial charge in [-0.15, -0.1) is 0 Å². The van der Waals surface area contributed by atoms with Crippen molar-refractivity contribution in [2.75, 3.05) is 0 Å². The number of nitrogens with one attached hydrogen (secondary N) is 1. The van der Waals surface area contributed by atoms with Crippen LogP contribution in [0.3, 0.4) is 0 Å². The monoisotopic (exact) mass is 335 g/mol. The van der Waals surface area contributed by atoms with E-state index in [1.54, 1.807) is 6.07 Å². The number of alkyl halides is 3. The minimum absolute atomic E-state index is 0.207. The van der Waals surface area contributed by atoms with Crippen LogP contribution in [0.4, 0.5) is 13.2 Å². The highest BCUT2D eigenvalue weighted by atomic mass is 32.2. The van der Waals surface area contributed by atoms with E-state index in [9.17, 15) is 26.4 Å². The van der Waals surface area contributed by atoms with Crippen LogP contribution < -0.4 is 9.50 Å². The van der Waals surface area contributed by atoms with E-state index in [0.29, 0.717) is 30.4 Å². The fourth-order valence-electron chi connectivity index (χ4n) is 3.13. The summed E-state index contributed by atoms with van der Waals surface area (Å²) in [4.78, 5) is 11.5. The topological polar surface area (TPSA) is 72.5 Å². The molecule has 5 nitrogen and oxygen atoms in total. The molecule has 1 amide bonds. The maximum atomic E-state index is 12.5. The molecule has 1 fully saturated rings. The number of carbonyl (C=O) groups excluding carboxylic acids is 1. The molecule has 2 aliphatic rings. The summed E-state index contributed by atoms with van der Waals surface area (Å²) in [5.41, 5.74) is -5.30. The van der Waals surface area contributed by atoms with Crippen LogP contribution in [0.2, 0.25) is 0 Å². The van der Waals surface area contributed by atoms with Crippen LogP contribution in [0, 0.1) is 0 Å². The van der Waals surface area contributed by atoms with Crippen molar-refractivity contribution in [1.82, 2.24) is 5.32 Å². The molecule has 9 heteroatoms. The van der Waals surface area contributed by atoms with Gasteiger partial charge in [0, 0.05) is 12.0 Å². The lowest BCUT2D eigenvalue weighted by molar-refractivity contribution is -0.119. The third-order valence-corrected chi connectivity index (χ3v) is 5.02. The van der Waals surface area contributed by atoms with Crippen LogP contribution >= 0.6 is 0 Å². The first-order chi connectivity index (χ1) is 10.1. The van der Waals surface area contributed by atoms with Crippen molar-refractivity contribution in [2.45, 2.75) is 36.7 Å². The molecule has 0 radical (unpaired) electrons. The molecule has 1 saturated heterocycles. The average molecular weight is 335 g/mol. The number of hydrogen-bond donors (Lipinski definition) is 1. The van der Waals surface area contributed by atoms with Crippen molar-refractivity contribution in [2.24, 2.45) is 0 Å². The Morgan fingerprint density at radius 2 is 1.86 bits per heavy atom. The SMILES string of the molecule is O=C1CC[C@@]2(CCc3cccc(OS(=O)(=O)C(F)(F)F)c32)N1. The fraction of sp³-hybridized carbons (Fsp3) is 0.462. The first-order valence-electron chi connectivity index (χ1n) is 6.59. The maximum Gasteiger partial charge on any atom is 0.534 e. The lowest BCUT2D eigenvalue weighted by Crippen LogP contribution is -2.37. The van der Waals surface area contributed by atoms with Gasteiger partial charge in [-0.3, -0.25) is 4.79 Å². The van der Waals surface area contributed by atoms with Crippen LogP contribution in [0.15, 0.2) is 18.2 Å². The standard InChI is InChI=1S/C13H12F3NO4S/c14-13(15,16)22(19,20)21-9-3-1-2-8-4-6-12(11(8)9)7-5-10(18)17-12/h1-3H,4-7H2,(H,17,18)/t12-/m1/s1. The molecule has 1 aromatic rings. The summed E-state index contributed by atoms with van der Waals surface area (Å²) in [6, 6.07) is 4.32. The molecule has 0 aromatic heterocycles. The van der Waals surface area contributed by atoms with Crippen LogP contribution in [-0.4, -0.2) is 19.8 Å². The highest BCUT2D eigenvalue weighted by Gasteiger charge is 2.51. The molecule has 0 saturated carbocycles. The lowest BCUT2D eigenvalue weighted by atomic mass is 9.89. The number of halogens is 3. The average Bonchev–Trinajstić information content (AvgIpc) is 2.94. The Bertz CT molecular complexity index is 744. The third-order valence-electron chi connectivity index (χ3n) is 4.05. The molecule has 1 spiro atoms. The van der Waals surface area contributed by atoms with E-state index in [1.807, 2.05) is 0 Å². The summed E-state index contributed by atoms with van der Waals surface area (Å²) in [7, 11) is -5.74. The van der Waals surface area contributed by atoms with E-state index >= 15 is 0 Å². The van der Waals surface area contributed by atoms with E-state index in [-0.39, 0.29) is 18.1 Å². The Hall–Kier alpha value is -1.77. The molecular weight excluding hydrogens is 323 g/mol. The number of benzene rings is 1. The molecule has 1 aliphatic heterocycles. The Balaban J connectivity index is 2.06. The van der Waals surface area contributed by atoms with Gasteiger partial charge in [0.25, 0.3) is 0 Å². The number of amides is 1. The molecule has 3 rings (SSSR count). The Labute approximate surface area is 124 Å². The van der Waals surface area contributed by atoms with Crippen molar-refractivity contribution < 1.29 is 30.6 Å². The number of hydrogen-bond acceptors (Lipinski definition) is 4. The summed E-state index contributed by atoms with van der Waals surface area (Å²) in [5, 5.41) is 2.76. The molecule has 22 heavy (non-hydrogen) atoms. The summed E-state index contributed by atoms with van der Waals surface area (Å²) < 4.78 is 64.4. The van der Waals surface area contributed by atoms with Gasteiger partial charge in [0.2, 0.25) is 5.91 Å². The van der Waals surface area contributed by atoms with Gasteiger partial charge < -0.3 is 9.50 Å². The molecule has 0 unspecified atom stereocenters. The van der Waals surface area contributed by atoms with E-state index in [1.165, 1.54) is 12.1 Å². The van der Waals surface area contributed by atoms with Gasteiger partial charge in [0.05, 0.1) is 5.54 Å². The van der Waals surface area contributed by atoms with E-state index in [4.69, 9.17) is 0 Å². The Morgan fingerprint density at radius 1 is 1.18 bits per heavy atom. The largest absolute Gasteiger partial charge is 0.534 e. The molecule has 0 bridgehead atoms. The fourth-order valence-corrected chi connectivity index (χ4v) is 3.60. The van der Waals surface area contributed by atoms with Crippen LogP contribution in [0.25, 0.3) is 0 Å². The van der Waals surface area contributed by atoms with Crippen LogP contribution in [0.5, 0.6) is 5.75 Å². The van der Waals surface area contributed by atoms with Crippen LogP contribution in [0.1, 0.15) is 30.4 Å². The van der Waals surface area contributed by atoms with Crippen molar-refractivity contribution in [3.63, 3.8) is 0 Å². The van der Waals surface area contributed by atoms with Crippen molar-refractivity contribution in [3.05, 3.63) is 29.3 Å². The third kappa shape index (κ3) is 2.23. The summed E-state index contributed by atoms with van der Waals surface area (Å²) in [5.74, 6) is -0.573. The first-order valence-corrected chi connectivity index (χ1v) is 8.00. The maximum absolute atomic E-state index is 12.5. The van der Waals surface area contributed by atoms with Gasteiger partial charge in [0.1, 0.15) is 5.75 Å². The molecule has 1 atom stereocenters. The zero-order valence-electron chi connectivity index (χ0n) is 11.2. The van der Waals surface area contributed by atoms with Crippen LogP contribution in [-0.2, 0) is 26.9 Å². The molecule has 1 N–H and O–H groups in total. The Morgan fingerprint density at radius 3 is 2.45 bits per heavy atom. The lowest BCUT2D eigenvalue weighted by Gasteiger charge is -2.26. The van der Waals surface area contributed by atoms with E-state index in [0.717, 1.165) is 0 Å². The van der Waals surface area contributed by atoms with Gasteiger partial charge in [0.15, 0.2) is 0 Å². The normalized spacial score (nSPS) is 24.4. The zero-order valence-corrected chi connectivity index (χ0v) is 12.1. The first kappa shape index (κ1) is 15.1. The number of fused-ring (bicyclic) bond motifs is 2.